The largest absolute Gasteiger partial charge is 0.418 e. The van der Waals surface area contributed by atoms with Gasteiger partial charge in [0.05, 0.1) is 13.2 Å². The van der Waals surface area contributed by atoms with E-state index in [1.165, 1.54) is 12.1 Å². The zero-order valence-electron chi connectivity index (χ0n) is 11.8. The molecule has 1 aromatic carbocycles. The fourth-order valence-corrected chi connectivity index (χ4v) is 1.91. The maximum atomic E-state index is 13.0. The molecule has 0 bridgehead atoms. The van der Waals surface area contributed by atoms with E-state index in [1.807, 2.05) is 20.8 Å². The lowest BCUT2D eigenvalue weighted by Gasteiger charge is -2.23. The van der Waals surface area contributed by atoms with Crippen molar-refractivity contribution in [1.82, 2.24) is 0 Å². The van der Waals surface area contributed by atoms with Crippen molar-refractivity contribution in [2.75, 3.05) is 13.2 Å². The quantitative estimate of drug-likeness (QED) is 0.781. The van der Waals surface area contributed by atoms with Gasteiger partial charge in [0, 0.05) is 0 Å². The summed E-state index contributed by atoms with van der Waals surface area (Å²) in [7, 11) is 0. The first-order valence-corrected chi connectivity index (χ1v) is 6.58. The molecule has 0 amide bonds. The van der Waals surface area contributed by atoms with Crippen LogP contribution in [0.5, 0.6) is 0 Å². The Morgan fingerprint density at radius 1 is 1.20 bits per heavy atom. The Morgan fingerprint density at radius 2 is 1.75 bits per heavy atom. The summed E-state index contributed by atoms with van der Waals surface area (Å²) in [5.74, 6) is 0. The molecule has 2 atom stereocenters. The van der Waals surface area contributed by atoms with E-state index in [1.54, 1.807) is 12.1 Å². The molecule has 1 heterocycles. The van der Waals surface area contributed by atoms with E-state index in [4.69, 9.17) is 9.47 Å². The second-order valence-corrected chi connectivity index (χ2v) is 6.08. The van der Waals surface area contributed by atoms with Crippen LogP contribution in [0.25, 0.3) is 0 Å². The van der Waals surface area contributed by atoms with Gasteiger partial charge >= 0.3 is 6.18 Å². The summed E-state index contributed by atoms with van der Waals surface area (Å²) in [5.41, 5.74) is 1.04. The van der Waals surface area contributed by atoms with Crippen LogP contribution in [0, 0.1) is 0 Å². The molecule has 2 nitrogen and oxygen atoms in total. The Bertz CT molecular complexity index is 442. The molecule has 0 N–H and O–H groups in total. The highest BCUT2D eigenvalue weighted by atomic mass is 19.4. The number of ether oxygens (including phenoxy) is 2. The molecule has 0 aromatic heterocycles. The average Bonchev–Trinajstić information content (AvgIpc) is 3.11. The lowest BCUT2D eigenvalue weighted by Crippen LogP contribution is -2.25. The van der Waals surface area contributed by atoms with E-state index in [0.29, 0.717) is 6.61 Å². The predicted molar refractivity (Wildman–Crippen MR) is 69.6 cm³/mol. The minimum absolute atomic E-state index is 0.0226. The number of rotatable bonds is 4. The van der Waals surface area contributed by atoms with E-state index in [9.17, 15) is 13.2 Å². The second kappa shape index (κ2) is 5.37. The molecule has 5 heteroatoms. The van der Waals surface area contributed by atoms with E-state index in [2.05, 4.69) is 0 Å². The standard InChI is InChI=1S/C15H19F3O2/c1-14(2,3)11-6-4-10(5-7-11)13(15(16,17)18)20-9-12-8-19-12/h4-7,12-13H,8-9H2,1-3H3/t12-,13+/m1/s1. The first-order valence-electron chi connectivity index (χ1n) is 6.58. The van der Waals surface area contributed by atoms with Gasteiger partial charge in [0.15, 0.2) is 6.10 Å². The molecule has 0 unspecified atom stereocenters. The molecule has 1 fully saturated rings. The molecule has 1 aliphatic rings. The SMILES string of the molecule is CC(C)(C)c1ccc([C@H](OC[C@H]2CO2)C(F)(F)F)cc1. The molecule has 0 aliphatic carbocycles. The number of hydrogen-bond donors (Lipinski definition) is 0. The molecule has 0 saturated carbocycles. The average molecular weight is 288 g/mol. The molecule has 1 aliphatic heterocycles. The zero-order chi connectivity index (χ0) is 15.0. The Kier molecular flexibility index (Phi) is 4.12. The highest BCUT2D eigenvalue weighted by Crippen LogP contribution is 2.37. The highest BCUT2D eigenvalue weighted by molar-refractivity contribution is 5.29. The van der Waals surface area contributed by atoms with Crippen molar-refractivity contribution in [3.05, 3.63) is 35.4 Å². The number of hydrogen-bond acceptors (Lipinski definition) is 2. The van der Waals surface area contributed by atoms with Gasteiger partial charge in [0.25, 0.3) is 0 Å². The van der Waals surface area contributed by atoms with Crippen LogP contribution in [0.3, 0.4) is 0 Å². The van der Waals surface area contributed by atoms with Crippen molar-refractivity contribution >= 4 is 0 Å². The van der Waals surface area contributed by atoms with Crippen molar-refractivity contribution in [3.63, 3.8) is 0 Å². The van der Waals surface area contributed by atoms with Gasteiger partial charge in [-0.2, -0.15) is 13.2 Å². The number of alkyl halides is 3. The van der Waals surface area contributed by atoms with Crippen molar-refractivity contribution in [1.29, 1.82) is 0 Å². The third-order valence-corrected chi connectivity index (χ3v) is 3.23. The molecular weight excluding hydrogens is 269 g/mol. The van der Waals surface area contributed by atoms with Crippen LogP contribution in [-0.2, 0) is 14.9 Å². The van der Waals surface area contributed by atoms with Gasteiger partial charge in [0.2, 0.25) is 0 Å². The summed E-state index contributed by atoms with van der Waals surface area (Å²) < 4.78 is 49.0. The summed E-state index contributed by atoms with van der Waals surface area (Å²) >= 11 is 0. The molecule has 112 valence electrons. The third kappa shape index (κ3) is 3.96. The van der Waals surface area contributed by atoms with Crippen molar-refractivity contribution in [2.24, 2.45) is 0 Å². The zero-order valence-corrected chi connectivity index (χ0v) is 11.8. The Morgan fingerprint density at radius 3 is 2.15 bits per heavy atom. The summed E-state index contributed by atoms with van der Waals surface area (Å²) in [6.07, 6.45) is -6.49. The highest BCUT2D eigenvalue weighted by Gasteiger charge is 2.43. The molecule has 0 spiro atoms. The van der Waals surface area contributed by atoms with Crippen LogP contribution in [0.2, 0.25) is 0 Å². The Balaban J connectivity index is 2.15. The topological polar surface area (TPSA) is 21.8 Å². The monoisotopic (exact) mass is 288 g/mol. The normalized spacial score (nSPS) is 20.8. The van der Waals surface area contributed by atoms with Gasteiger partial charge in [-0.15, -0.1) is 0 Å². The number of halogens is 3. The van der Waals surface area contributed by atoms with Crippen molar-refractivity contribution in [3.8, 4) is 0 Å². The van der Waals surface area contributed by atoms with Crippen LogP contribution >= 0.6 is 0 Å². The molecule has 1 saturated heterocycles. The number of epoxide rings is 1. The fraction of sp³-hybridized carbons (Fsp3) is 0.600. The lowest BCUT2D eigenvalue weighted by molar-refractivity contribution is -0.224. The summed E-state index contributed by atoms with van der Waals surface area (Å²) in [6.45, 7) is 6.51. The second-order valence-electron chi connectivity index (χ2n) is 6.08. The lowest BCUT2D eigenvalue weighted by atomic mass is 9.86. The molecule has 2 rings (SSSR count). The molecule has 20 heavy (non-hydrogen) atoms. The summed E-state index contributed by atoms with van der Waals surface area (Å²) in [5, 5.41) is 0. The maximum absolute atomic E-state index is 13.0. The Hall–Kier alpha value is -1.07. The van der Waals surface area contributed by atoms with E-state index in [0.717, 1.165) is 5.56 Å². The smallest absolute Gasteiger partial charge is 0.371 e. The summed E-state index contributed by atoms with van der Waals surface area (Å²) in [4.78, 5) is 0. The van der Waals surface area contributed by atoms with E-state index >= 15 is 0 Å². The van der Waals surface area contributed by atoms with Gasteiger partial charge in [-0.1, -0.05) is 45.0 Å². The van der Waals surface area contributed by atoms with Gasteiger partial charge in [-0.05, 0) is 16.5 Å². The molecule has 1 aromatic rings. The van der Waals surface area contributed by atoms with Crippen molar-refractivity contribution in [2.45, 2.75) is 44.6 Å². The van der Waals surface area contributed by atoms with Gasteiger partial charge < -0.3 is 9.47 Å². The van der Waals surface area contributed by atoms with Crippen molar-refractivity contribution < 1.29 is 22.6 Å². The van der Waals surface area contributed by atoms with Crippen LogP contribution in [0.4, 0.5) is 13.2 Å². The first kappa shape index (κ1) is 15.3. The molecular formula is C15H19F3O2. The number of benzene rings is 1. The van der Waals surface area contributed by atoms with Gasteiger partial charge in [-0.3, -0.25) is 0 Å². The van der Waals surface area contributed by atoms with E-state index < -0.39 is 12.3 Å². The van der Waals surface area contributed by atoms with Crippen LogP contribution in [0.15, 0.2) is 24.3 Å². The van der Waals surface area contributed by atoms with Crippen LogP contribution < -0.4 is 0 Å². The minimum atomic E-state index is -4.42. The summed E-state index contributed by atoms with van der Waals surface area (Å²) in [6, 6.07) is 6.44. The fourth-order valence-electron chi connectivity index (χ4n) is 1.91. The molecule has 0 radical (unpaired) electrons. The van der Waals surface area contributed by atoms with Crippen LogP contribution in [-0.4, -0.2) is 25.5 Å². The van der Waals surface area contributed by atoms with Gasteiger partial charge in [-0.25, -0.2) is 0 Å². The van der Waals surface area contributed by atoms with Gasteiger partial charge in [0.1, 0.15) is 6.10 Å². The predicted octanol–water partition coefficient (Wildman–Crippen LogP) is 4.00. The Labute approximate surface area is 116 Å². The first-order chi connectivity index (χ1) is 9.18. The van der Waals surface area contributed by atoms with Crippen LogP contribution in [0.1, 0.15) is 38.0 Å². The maximum Gasteiger partial charge on any atom is 0.418 e. The van der Waals surface area contributed by atoms with E-state index in [-0.39, 0.29) is 23.7 Å². The minimum Gasteiger partial charge on any atom is -0.371 e. The third-order valence-electron chi connectivity index (χ3n) is 3.23.